The van der Waals surface area contributed by atoms with Gasteiger partial charge in [-0.25, -0.2) is 4.98 Å². The summed E-state index contributed by atoms with van der Waals surface area (Å²) >= 11 is -1.16. The maximum Gasteiger partial charge on any atom is 0.237 e. The van der Waals surface area contributed by atoms with Gasteiger partial charge in [0.2, 0.25) is 5.91 Å². The van der Waals surface area contributed by atoms with Crippen molar-refractivity contribution < 1.29 is 9.35 Å². The minimum absolute atomic E-state index is 0.0514. The van der Waals surface area contributed by atoms with Gasteiger partial charge in [0.1, 0.15) is 11.3 Å². The summed E-state index contributed by atoms with van der Waals surface area (Å²) in [7, 11) is 0. The molecule has 7 heteroatoms. The van der Waals surface area contributed by atoms with Gasteiger partial charge >= 0.3 is 0 Å². The Labute approximate surface area is 141 Å². The van der Waals surface area contributed by atoms with Gasteiger partial charge in [-0.3, -0.25) is 4.79 Å². The molecule has 2 rings (SSSR count). The Hall–Kier alpha value is -1.05. The summed E-state index contributed by atoms with van der Waals surface area (Å²) in [6.07, 6.45) is 9.36. The summed E-state index contributed by atoms with van der Waals surface area (Å²) in [6, 6.07) is -0.0514. The zero-order valence-corrected chi connectivity index (χ0v) is 15.1. The average molecular weight is 340 g/mol. The minimum atomic E-state index is -1.16. The van der Waals surface area contributed by atoms with Crippen LogP contribution in [0, 0.1) is 5.92 Å². The molecule has 0 saturated heterocycles. The Bertz CT molecular complexity index is 520. The molecule has 1 aliphatic carbocycles. The Morgan fingerprint density at radius 3 is 2.70 bits per heavy atom. The monoisotopic (exact) mass is 340 g/mol. The molecular formula is C16H28N4O2S. The molecule has 0 bridgehead atoms. The number of carbonyl (C=O) groups is 1. The van der Waals surface area contributed by atoms with E-state index < -0.39 is 17.3 Å². The van der Waals surface area contributed by atoms with Crippen molar-refractivity contribution in [1.29, 1.82) is 0 Å². The van der Waals surface area contributed by atoms with E-state index in [0.29, 0.717) is 5.92 Å². The van der Waals surface area contributed by atoms with Gasteiger partial charge in [0.05, 0.1) is 18.1 Å². The predicted octanol–water partition coefficient (Wildman–Crippen LogP) is 2.04. The lowest BCUT2D eigenvalue weighted by Crippen LogP contribution is -2.43. The molecule has 0 unspecified atom stereocenters. The molecule has 1 heterocycles. The molecule has 23 heavy (non-hydrogen) atoms. The van der Waals surface area contributed by atoms with Crippen LogP contribution < -0.4 is 10.5 Å². The number of nitrogens with two attached hydrogens (primary N) is 1. The highest BCUT2D eigenvalue weighted by atomic mass is 32.2. The van der Waals surface area contributed by atoms with Crippen molar-refractivity contribution in [2.24, 2.45) is 11.7 Å². The van der Waals surface area contributed by atoms with E-state index in [1.807, 2.05) is 27.0 Å². The van der Waals surface area contributed by atoms with Crippen LogP contribution in [0.2, 0.25) is 0 Å². The lowest BCUT2D eigenvalue weighted by atomic mass is 9.83. The molecule has 0 radical (unpaired) electrons. The largest absolute Gasteiger partial charge is 0.598 e. The van der Waals surface area contributed by atoms with Gasteiger partial charge in [0.15, 0.2) is 0 Å². The van der Waals surface area contributed by atoms with Gasteiger partial charge in [-0.15, -0.1) is 4.72 Å². The van der Waals surface area contributed by atoms with Crippen LogP contribution in [-0.2, 0) is 22.7 Å². The number of carbonyl (C=O) groups excluding carboxylic acids is 1. The first-order chi connectivity index (χ1) is 10.8. The summed E-state index contributed by atoms with van der Waals surface area (Å²) in [5.41, 5.74) is 6.08. The topological polar surface area (TPSA) is 96.0 Å². The molecule has 1 amide bonds. The van der Waals surface area contributed by atoms with Crippen LogP contribution >= 0.6 is 0 Å². The molecule has 0 aromatic carbocycles. The Kier molecular flexibility index (Phi) is 6.11. The van der Waals surface area contributed by atoms with Crippen LogP contribution in [0.15, 0.2) is 12.5 Å². The van der Waals surface area contributed by atoms with Gasteiger partial charge in [0, 0.05) is 17.6 Å². The third-order valence-corrected chi connectivity index (χ3v) is 5.80. The van der Waals surface area contributed by atoms with Crippen LogP contribution in [0.3, 0.4) is 0 Å². The zero-order valence-electron chi connectivity index (χ0n) is 14.2. The number of imidazole rings is 1. The molecule has 1 fully saturated rings. The molecule has 6 nitrogen and oxygen atoms in total. The highest BCUT2D eigenvalue weighted by molar-refractivity contribution is 7.90. The second-order valence-electron chi connectivity index (χ2n) is 7.31. The smallest absolute Gasteiger partial charge is 0.237 e. The van der Waals surface area contributed by atoms with E-state index in [0.717, 1.165) is 18.5 Å². The van der Waals surface area contributed by atoms with Gasteiger partial charge in [-0.1, -0.05) is 19.3 Å². The third-order valence-electron chi connectivity index (χ3n) is 4.22. The van der Waals surface area contributed by atoms with Crippen molar-refractivity contribution in [1.82, 2.24) is 14.3 Å². The molecule has 0 spiro atoms. The van der Waals surface area contributed by atoms with Gasteiger partial charge in [-0.2, -0.15) is 0 Å². The van der Waals surface area contributed by atoms with Crippen LogP contribution in [0.25, 0.3) is 0 Å². The molecule has 3 N–H and O–H groups in total. The molecule has 1 aromatic heterocycles. The van der Waals surface area contributed by atoms with Gasteiger partial charge < -0.3 is 14.9 Å². The van der Waals surface area contributed by atoms with Crippen LogP contribution in [-0.4, -0.2) is 24.8 Å². The highest BCUT2D eigenvalue weighted by Crippen LogP contribution is 2.35. The van der Waals surface area contributed by atoms with E-state index in [1.54, 1.807) is 10.9 Å². The number of hydrogen-bond donors (Lipinski definition) is 2. The van der Waals surface area contributed by atoms with Crippen molar-refractivity contribution in [3.05, 3.63) is 18.2 Å². The number of primary amides is 1. The molecule has 1 saturated carbocycles. The van der Waals surface area contributed by atoms with Gasteiger partial charge in [0.25, 0.3) is 0 Å². The van der Waals surface area contributed by atoms with E-state index in [2.05, 4.69) is 9.71 Å². The standard InChI is InChI=1S/C16H28N4O2S/c1-16(2,3)23(22)19-15(12-7-5-4-6-8-12)13-9-20(11-18-13)10-14(17)21/h9,11-12,15,19H,4-8,10H2,1-3H3,(H2,17,21)/t15-,23-/m0/s1. The maximum atomic E-state index is 12.6. The van der Waals surface area contributed by atoms with Crippen molar-refractivity contribution in [3.8, 4) is 0 Å². The fraction of sp³-hybridized carbons (Fsp3) is 0.750. The van der Waals surface area contributed by atoms with Crippen molar-refractivity contribution >= 4 is 17.3 Å². The Morgan fingerprint density at radius 2 is 2.13 bits per heavy atom. The normalized spacial score (nSPS) is 19.5. The summed E-state index contributed by atoms with van der Waals surface area (Å²) in [6.45, 7) is 5.99. The van der Waals surface area contributed by atoms with Crippen LogP contribution in [0.4, 0.5) is 0 Å². The summed E-state index contributed by atoms with van der Waals surface area (Å²) in [5.74, 6) is 0.0290. The van der Waals surface area contributed by atoms with E-state index in [-0.39, 0.29) is 17.3 Å². The van der Waals surface area contributed by atoms with E-state index in [1.165, 1.54) is 19.3 Å². The first-order valence-corrected chi connectivity index (χ1v) is 9.40. The lowest BCUT2D eigenvalue weighted by Gasteiger charge is -2.33. The quantitative estimate of drug-likeness (QED) is 0.775. The summed E-state index contributed by atoms with van der Waals surface area (Å²) in [5, 5.41) is 0. The van der Waals surface area contributed by atoms with Crippen molar-refractivity contribution in [2.45, 2.75) is 70.2 Å². The van der Waals surface area contributed by atoms with Crippen molar-refractivity contribution in [3.63, 3.8) is 0 Å². The minimum Gasteiger partial charge on any atom is -0.598 e. The molecular weight excluding hydrogens is 312 g/mol. The average Bonchev–Trinajstić information content (AvgIpc) is 2.91. The van der Waals surface area contributed by atoms with Crippen LogP contribution in [0.5, 0.6) is 0 Å². The number of aromatic nitrogens is 2. The zero-order chi connectivity index (χ0) is 17.0. The maximum absolute atomic E-state index is 12.6. The highest BCUT2D eigenvalue weighted by Gasteiger charge is 2.35. The second-order valence-corrected chi connectivity index (χ2v) is 9.31. The second kappa shape index (κ2) is 7.68. The third kappa shape index (κ3) is 5.22. The molecule has 1 aromatic rings. The number of nitrogens with zero attached hydrogens (tertiary/aromatic N) is 2. The number of hydrogen-bond acceptors (Lipinski definition) is 4. The Balaban J connectivity index is 2.18. The predicted molar refractivity (Wildman–Crippen MR) is 91.8 cm³/mol. The van der Waals surface area contributed by atoms with Crippen molar-refractivity contribution in [2.75, 3.05) is 0 Å². The SMILES string of the molecule is CC(C)(C)[S@+]([O-])N[C@H](c1cn(CC(N)=O)cn1)C1CCCCC1. The number of rotatable bonds is 6. The first kappa shape index (κ1) is 18.3. The molecule has 1 aliphatic rings. The number of nitrogens with one attached hydrogen (secondary N) is 1. The first-order valence-electron chi connectivity index (χ1n) is 8.25. The fourth-order valence-corrected chi connectivity index (χ4v) is 3.86. The Morgan fingerprint density at radius 1 is 1.48 bits per heavy atom. The molecule has 2 atom stereocenters. The summed E-state index contributed by atoms with van der Waals surface area (Å²) in [4.78, 5) is 15.5. The number of amides is 1. The molecule has 130 valence electrons. The van der Waals surface area contributed by atoms with Gasteiger partial charge in [-0.05, 0) is 39.5 Å². The van der Waals surface area contributed by atoms with E-state index in [9.17, 15) is 9.35 Å². The van der Waals surface area contributed by atoms with E-state index >= 15 is 0 Å². The van der Waals surface area contributed by atoms with Crippen LogP contribution in [0.1, 0.15) is 64.6 Å². The van der Waals surface area contributed by atoms with E-state index in [4.69, 9.17) is 5.73 Å². The molecule has 0 aliphatic heterocycles. The lowest BCUT2D eigenvalue weighted by molar-refractivity contribution is -0.118. The summed E-state index contributed by atoms with van der Waals surface area (Å²) < 4.78 is 17.2. The fourth-order valence-electron chi connectivity index (χ4n) is 2.96.